The van der Waals surface area contributed by atoms with E-state index >= 15 is 0 Å². The molecule has 3 aromatic rings. The Bertz CT molecular complexity index is 902. The molecule has 25 heavy (non-hydrogen) atoms. The smallest absolute Gasteiger partial charge is 0.314 e. The van der Waals surface area contributed by atoms with Gasteiger partial charge in [0.05, 0.1) is 9.95 Å². The van der Waals surface area contributed by atoms with Crippen LogP contribution in [0.3, 0.4) is 0 Å². The van der Waals surface area contributed by atoms with Gasteiger partial charge in [-0.25, -0.2) is 0 Å². The standard InChI is InChI=1S/C18H11Cl2NO4/c19-14-11-15(21(22)23)18(25-13-9-5-2-6-10-13)16(20)17(14)24-12-7-3-1-4-8-12/h1-11H. The zero-order valence-electron chi connectivity index (χ0n) is 12.7. The van der Waals surface area contributed by atoms with Crippen molar-refractivity contribution < 1.29 is 14.4 Å². The fourth-order valence-corrected chi connectivity index (χ4v) is 2.67. The number of ether oxygens (including phenoxy) is 2. The summed E-state index contributed by atoms with van der Waals surface area (Å²) in [7, 11) is 0. The number of hydrogen-bond acceptors (Lipinski definition) is 4. The van der Waals surface area contributed by atoms with Crippen molar-refractivity contribution in [2.45, 2.75) is 0 Å². The van der Waals surface area contributed by atoms with Crippen LogP contribution in [0.25, 0.3) is 0 Å². The number of para-hydroxylation sites is 2. The SMILES string of the molecule is O=[N+]([O-])c1cc(Cl)c(Oc2ccccc2)c(Cl)c1Oc1ccccc1. The first-order valence-corrected chi connectivity index (χ1v) is 7.94. The Hall–Kier alpha value is -2.76. The van der Waals surface area contributed by atoms with Crippen molar-refractivity contribution >= 4 is 28.9 Å². The fraction of sp³-hybridized carbons (Fsp3) is 0. The van der Waals surface area contributed by atoms with Gasteiger partial charge in [0.15, 0.2) is 5.75 Å². The minimum absolute atomic E-state index is 0.0148. The van der Waals surface area contributed by atoms with E-state index in [0.29, 0.717) is 11.5 Å². The van der Waals surface area contributed by atoms with Gasteiger partial charge in [-0.2, -0.15) is 0 Å². The van der Waals surface area contributed by atoms with Crippen molar-refractivity contribution in [2.24, 2.45) is 0 Å². The van der Waals surface area contributed by atoms with E-state index in [2.05, 4.69) is 0 Å². The van der Waals surface area contributed by atoms with Crippen molar-refractivity contribution in [3.05, 3.63) is 86.9 Å². The Morgan fingerprint density at radius 3 is 1.76 bits per heavy atom. The molecule has 0 amide bonds. The lowest BCUT2D eigenvalue weighted by Crippen LogP contribution is -1.97. The van der Waals surface area contributed by atoms with E-state index in [1.807, 2.05) is 6.07 Å². The summed E-state index contributed by atoms with van der Waals surface area (Å²) in [5.41, 5.74) is -0.348. The summed E-state index contributed by atoms with van der Waals surface area (Å²) in [6.07, 6.45) is 0. The van der Waals surface area contributed by atoms with Gasteiger partial charge in [-0.15, -0.1) is 0 Å². The highest BCUT2D eigenvalue weighted by Crippen LogP contribution is 2.48. The first kappa shape index (κ1) is 17.1. The fourth-order valence-electron chi connectivity index (χ4n) is 2.11. The number of hydrogen-bond donors (Lipinski definition) is 0. The first-order valence-electron chi connectivity index (χ1n) is 7.18. The molecule has 0 aliphatic carbocycles. The van der Waals surface area contributed by atoms with E-state index in [1.165, 1.54) is 0 Å². The van der Waals surface area contributed by atoms with Gasteiger partial charge in [0.2, 0.25) is 5.75 Å². The number of nitrogens with zero attached hydrogens (tertiary/aromatic N) is 1. The van der Waals surface area contributed by atoms with Crippen molar-refractivity contribution in [1.82, 2.24) is 0 Å². The Morgan fingerprint density at radius 2 is 1.28 bits per heavy atom. The highest BCUT2D eigenvalue weighted by atomic mass is 35.5. The van der Waals surface area contributed by atoms with Gasteiger partial charge in [0, 0.05) is 6.07 Å². The third-order valence-electron chi connectivity index (χ3n) is 3.23. The molecule has 0 aliphatic rings. The highest BCUT2D eigenvalue weighted by Gasteiger charge is 2.26. The molecular weight excluding hydrogens is 365 g/mol. The molecule has 0 N–H and O–H groups in total. The van der Waals surface area contributed by atoms with Gasteiger partial charge >= 0.3 is 5.69 Å². The van der Waals surface area contributed by atoms with Crippen LogP contribution in [0.4, 0.5) is 5.69 Å². The van der Waals surface area contributed by atoms with Crippen LogP contribution in [0.2, 0.25) is 10.0 Å². The Kier molecular flexibility index (Phi) is 5.07. The summed E-state index contributed by atoms with van der Waals surface area (Å²) in [5, 5.41) is 11.3. The van der Waals surface area contributed by atoms with Gasteiger partial charge in [-0.05, 0) is 24.3 Å². The molecule has 0 aliphatic heterocycles. The van der Waals surface area contributed by atoms with E-state index in [1.54, 1.807) is 54.6 Å². The second kappa shape index (κ2) is 7.42. The minimum Gasteiger partial charge on any atom is -0.454 e. The molecular formula is C18H11Cl2NO4. The third kappa shape index (κ3) is 3.84. The van der Waals surface area contributed by atoms with E-state index < -0.39 is 4.92 Å². The quantitative estimate of drug-likeness (QED) is 0.377. The predicted octanol–water partition coefficient (Wildman–Crippen LogP) is 6.49. The predicted molar refractivity (Wildman–Crippen MR) is 96.1 cm³/mol. The van der Waals surface area contributed by atoms with Gasteiger partial charge in [-0.1, -0.05) is 59.6 Å². The normalized spacial score (nSPS) is 10.3. The monoisotopic (exact) mass is 375 g/mol. The Labute approximate surface area is 153 Å². The molecule has 5 nitrogen and oxygen atoms in total. The summed E-state index contributed by atoms with van der Waals surface area (Å²) in [6, 6.07) is 18.6. The summed E-state index contributed by atoms with van der Waals surface area (Å²) >= 11 is 12.5. The zero-order valence-corrected chi connectivity index (χ0v) is 14.2. The van der Waals surface area contributed by atoms with Crippen molar-refractivity contribution in [3.8, 4) is 23.0 Å². The highest BCUT2D eigenvalue weighted by molar-refractivity contribution is 6.38. The summed E-state index contributed by atoms with van der Waals surface area (Å²) in [5.74, 6) is 0.852. The molecule has 0 saturated carbocycles. The molecule has 7 heteroatoms. The lowest BCUT2D eigenvalue weighted by molar-refractivity contribution is -0.385. The maximum absolute atomic E-state index is 11.4. The second-order valence-corrected chi connectivity index (χ2v) is 5.72. The maximum atomic E-state index is 11.4. The molecule has 0 aromatic heterocycles. The van der Waals surface area contributed by atoms with Crippen LogP contribution in [0.1, 0.15) is 0 Å². The van der Waals surface area contributed by atoms with Crippen molar-refractivity contribution in [1.29, 1.82) is 0 Å². The molecule has 3 rings (SSSR count). The van der Waals surface area contributed by atoms with Crippen LogP contribution in [-0.2, 0) is 0 Å². The van der Waals surface area contributed by atoms with Crippen LogP contribution in [0, 0.1) is 10.1 Å². The maximum Gasteiger partial charge on any atom is 0.314 e. The molecule has 0 fully saturated rings. The molecule has 126 valence electrons. The lowest BCUT2D eigenvalue weighted by Gasteiger charge is -2.14. The van der Waals surface area contributed by atoms with E-state index in [4.69, 9.17) is 32.7 Å². The third-order valence-corrected chi connectivity index (χ3v) is 3.86. The largest absolute Gasteiger partial charge is 0.454 e. The molecule has 0 heterocycles. The molecule has 0 spiro atoms. The number of rotatable bonds is 5. The topological polar surface area (TPSA) is 61.6 Å². The molecule has 0 atom stereocenters. The second-order valence-electron chi connectivity index (χ2n) is 4.94. The van der Waals surface area contributed by atoms with Gasteiger partial charge in [0.1, 0.15) is 16.5 Å². The molecule has 0 saturated heterocycles. The van der Waals surface area contributed by atoms with E-state index in [9.17, 15) is 10.1 Å². The summed E-state index contributed by atoms with van der Waals surface area (Å²) in [4.78, 5) is 10.7. The summed E-state index contributed by atoms with van der Waals surface area (Å²) in [6.45, 7) is 0. The minimum atomic E-state index is -0.609. The van der Waals surface area contributed by atoms with Gasteiger partial charge in [0.25, 0.3) is 0 Å². The number of nitro groups is 1. The number of nitro benzene ring substituents is 1. The van der Waals surface area contributed by atoms with Crippen LogP contribution in [0.15, 0.2) is 66.7 Å². The van der Waals surface area contributed by atoms with Crippen molar-refractivity contribution in [2.75, 3.05) is 0 Å². The molecule has 0 unspecified atom stereocenters. The van der Waals surface area contributed by atoms with Crippen LogP contribution in [-0.4, -0.2) is 4.92 Å². The average Bonchev–Trinajstić information content (AvgIpc) is 2.62. The Morgan fingerprint density at radius 1 is 0.800 bits per heavy atom. The summed E-state index contributed by atoms with van der Waals surface area (Å²) < 4.78 is 11.3. The number of benzene rings is 3. The first-order chi connectivity index (χ1) is 12.1. The molecule has 0 bridgehead atoms. The van der Waals surface area contributed by atoms with Crippen LogP contribution < -0.4 is 9.47 Å². The molecule has 0 radical (unpaired) electrons. The lowest BCUT2D eigenvalue weighted by atomic mass is 10.2. The molecule has 3 aromatic carbocycles. The Balaban J connectivity index is 2.08. The van der Waals surface area contributed by atoms with Crippen molar-refractivity contribution in [3.63, 3.8) is 0 Å². The van der Waals surface area contributed by atoms with E-state index in [-0.39, 0.29) is 27.2 Å². The van der Waals surface area contributed by atoms with Crippen LogP contribution >= 0.6 is 23.2 Å². The average molecular weight is 376 g/mol. The zero-order chi connectivity index (χ0) is 17.8. The van der Waals surface area contributed by atoms with E-state index in [0.717, 1.165) is 6.07 Å². The van der Waals surface area contributed by atoms with Gasteiger partial charge < -0.3 is 9.47 Å². The van der Waals surface area contributed by atoms with Crippen LogP contribution in [0.5, 0.6) is 23.0 Å². The van der Waals surface area contributed by atoms with Gasteiger partial charge in [-0.3, -0.25) is 10.1 Å². The number of halogens is 2.